The molecule has 3 aromatic rings. The first-order valence-corrected chi connectivity index (χ1v) is 8.12. The number of benzene rings is 2. The van der Waals surface area contributed by atoms with E-state index in [1.54, 1.807) is 0 Å². The first-order valence-electron chi connectivity index (χ1n) is 8.12. The number of para-hydroxylation sites is 3. The molecule has 0 aliphatic carbocycles. The molecule has 1 aromatic heterocycles. The molecule has 23 heavy (non-hydrogen) atoms. The maximum Gasteiger partial charge on any atom is 0.275 e. The van der Waals surface area contributed by atoms with Gasteiger partial charge in [-0.1, -0.05) is 50.1 Å². The van der Waals surface area contributed by atoms with E-state index in [1.807, 2.05) is 48.5 Å². The maximum absolute atomic E-state index is 12.4. The molecule has 4 heteroatoms. The normalized spacial score (nSPS) is 10.8. The third-order valence-corrected chi connectivity index (χ3v) is 3.88. The Bertz CT molecular complexity index is 854. The molecule has 4 nitrogen and oxygen atoms in total. The van der Waals surface area contributed by atoms with E-state index in [9.17, 15) is 4.79 Å². The third-order valence-electron chi connectivity index (χ3n) is 3.88. The van der Waals surface area contributed by atoms with Crippen LogP contribution in [-0.2, 0) is 0 Å². The second kappa shape index (κ2) is 7.09. The number of unbranched alkanes of at least 4 members (excludes halogenated alkanes) is 2. The number of aromatic nitrogens is 2. The fourth-order valence-electron chi connectivity index (χ4n) is 2.65. The Morgan fingerprint density at radius 2 is 1.83 bits per heavy atom. The van der Waals surface area contributed by atoms with E-state index in [4.69, 9.17) is 0 Å². The van der Waals surface area contributed by atoms with Crippen molar-refractivity contribution in [2.24, 2.45) is 0 Å². The highest BCUT2D eigenvalue weighted by Gasteiger charge is 2.11. The zero-order chi connectivity index (χ0) is 16.1. The molecule has 2 aromatic carbocycles. The summed E-state index contributed by atoms with van der Waals surface area (Å²) in [6.07, 6.45) is 3.51. The van der Waals surface area contributed by atoms with Gasteiger partial charge in [0.05, 0.1) is 11.0 Å². The van der Waals surface area contributed by atoms with Gasteiger partial charge in [-0.05, 0) is 24.6 Å². The van der Waals surface area contributed by atoms with E-state index in [0.29, 0.717) is 5.69 Å². The van der Waals surface area contributed by atoms with E-state index in [0.717, 1.165) is 35.2 Å². The summed E-state index contributed by atoms with van der Waals surface area (Å²) < 4.78 is 0. The monoisotopic (exact) mass is 307 g/mol. The molecule has 0 saturated heterocycles. The van der Waals surface area contributed by atoms with Crippen molar-refractivity contribution in [1.29, 1.82) is 0 Å². The average molecular weight is 307 g/mol. The molecular formula is C19H21N3O. The number of H-pyrrole nitrogens is 1. The molecule has 0 atom stereocenters. The smallest absolute Gasteiger partial charge is 0.275 e. The number of hydrogen-bond acceptors (Lipinski definition) is 3. The van der Waals surface area contributed by atoms with Gasteiger partial charge in [-0.3, -0.25) is 4.79 Å². The predicted octanol–water partition coefficient (Wildman–Crippen LogP) is 4.19. The zero-order valence-electron chi connectivity index (χ0n) is 13.3. The van der Waals surface area contributed by atoms with E-state index in [2.05, 4.69) is 22.2 Å². The van der Waals surface area contributed by atoms with Gasteiger partial charge in [-0.25, -0.2) is 4.98 Å². The van der Waals surface area contributed by atoms with Gasteiger partial charge in [0.1, 0.15) is 5.69 Å². The highest BCUT2D eigenvalue weighted by molar-refractivity contribution is 5.80. The molecule has 0 spiro atoms. The number of hydrogen-bond donors (Lipinski definition) is 2. The standard InChI is InChI=1S/C19H21N3O/c1-2-3-8-13-20-15-10-5-4-9-14(15)18-19(23)22-17-12-7-6-11-16(17)21-18/h4-7,9-12,20H,2-3,8,13H2,1H3,(H,22,23). The summed E-state index contributed by atoms with van der Waals surface area (Å²) in [7, 11) is 0. The minimum atomic E-state index is -0.161. The number of nitrogens with one attached hydrogen (secondary N) is 2. The number of fused-ring (bicyclic) bond motifs is 1. The maximum atomic E-state index is 12.4. The molecule has 0 aliphatic rings. The minimum absolute atomic E-state index is 0.161. The quantitative estimate of drug-likeness (QED) is 0.671. The fraction of sp³-hybridized carbons (Fsp3) is 0.263. The van der Waals surface area contributed by atoms with Crippen LogP contribution in [0.2, 0.25) is 0 Å². The van der Waals surface area contributed by atoms with E-state index in [-0.39, 0.29) is 5.56 Å². The lowest BCUT2D eigenvalue weighted by atomic mass is 10.1. The molecule has 1 heterocycles. The van der Waals surface area contributed by atoms with Gasteiger partial charge < -0.3 is 10.3 Å². The first kappa shape index (κ1) is 15.3. The van der Waals surface area contributed by atoms with Crippen LogP contribution >= 0.6 is 0 Å². The van der Waals surface area contributed by atoms with Crippen molar-refractivity contribution in [3.05, 3.63) is 58.9 Å². The Balaban J connectivity index is 1.98. The molecule has 0 bridgehead atoms. The second-order valence-electron chi connectivity index (χ2n) is 5.61. The van der Waals surface area contributed by atoms with Crippen molar-refractivity contribution in [3.63, 3.8) is 0 Å². The largest absolute Gasteiger partial charge is 0.384 e. The van der Waals surface area contributed by atoms with Gasteiger partial charge in [0.25, 0.3) is 5.56 Å². The number of rotatable bonds is 6. The Hall–Kier alpha value is -2.62. The second-order valence-corrected chi connectivity index (χ2v) is 5.61. The molecule has 0 saturated carbocycles. The van der Waals surface area contributed by atoms with Crippen molar-refractivity contribution in [2.45, 2.75) is 26.2 Å². The van der Waals surface area contributed by atoms with Crippen LogP contribution < -0.4 is 10.9 Å². The summed E-state index contributed by atoms with van der Waals surface area (Å²) in [6.45, 7) is 3.09. The zero-order valence-corrected chi connectivity index (χ0v) is 13.3. The summed E-state index contributed by atoms with van der Waals surface area (Å²) in [5.74, 6) is 0. The van der Waals surface area contributed by atoms with Crippen LogP contribution in [0.15, 0.2) is 53.3 Å². The van der Waals surface area contributed by atoms with Gasteiger partial charge in [-0.15, -0.1) is 0 Å². The number of anilines is 1. The van der Waals surface area contributed by atoms with E-state index >= 15 is 0 Å². The lowest BCUT2D eigenvalue weighted by molar-refractivity contribution is 0.744. The van der Waals surface area contributed by atoms with Crippen LogP contribution in [-0.4, -0.2) is 16.5 Å². The van der Waals surface area contributed by atoms with Crippen LogP contribution in [0.3, 0.4) is 0 Å². The molecule has 0 aliphatic heterocycles. The van der Waals surface area contributed by atoms with Crippen LogP contribution in [0.1, 0.15) is 26.2 Å². The molecular weight excluding hydrogens is 286 g/mol. The van der Waals surface area contributed by atoms with Crippen molar-refractivity contribution in [3.8, 4) is 11.3 Å². The van der Waals surface area contributed by atoms with Crippen molar-refractivity contribution in [1.82, 2.24) is 9.97 Å². The molecule has 118 valence electrons. The Kier molecular flexibility index (Phi) is 4.71. The summed E-state index contributed by atoms with van der Waals surface area (Å²) in [5, 5.41) is 3.43. The van der Waals surface area contributed by atoms with E-state index < -0.39 is 0 Å². The average Bonchev–Trinajstić information content (AvgIpc) is 2.58. The van der Waals surface area contributed by atoms with Crippen LogP contribution in [0, 0.1) is 0 Å². The minimum Gasteiger partial charge on any atom is -0.384 e. The predicted molar refractivity (Wildman–Crippen MR) is 95.8 cm³/mol. The van der Waals surface area contributed by atoms with Crippen molar-refractivity contribution >= 4 is 16.7 Å². The van der Waals surface area contributed by atoms with Crippen LogP contribution in [0.25, 0.3) is 22.3 Å². The summed E-state index contributed by atoms with van der Waals surface area (Å²) in [5.41, 5.74) is 3.65. The molecule has 3 rings (SSSR count). The Morgan fingerprint density at radius 3 is 2.70 bits per heavy atom. The van der Waals surface area contributed by atoms with Crippen molar-refractivity contribution < 1.29 is 0 Å². The first-order chi connectivity index (χ1) is 11.3. The molecule has 0 fully saturated rings. The van der Waals surface area contributed by atoms with Crippen molar-refractivity contribution in [2.75, 3.05) is 11.9 Å². The molecule has 0 amide bonds. The highest BCUT2D eigenvalue weighted by Crippen LogP contribution is 2.24. The summed E-state index contributed by atoms with van der Waals surface area (Å²) in [6, 6.07) is 15.4. The molecule has 2 N–H and O–H groups in total. The lowest BCUT2D eigenvalue weighted by Crippen LogP contribution is -2.13. The highest BCUT2D eigenvalue weighted by atomic mass is 16.1. The Labute approximate surface area is 135 Å². The van der Waals surface area contributed by atoms with Gasteiger partial charge in [-0.2, -0.15) is 0 Å². The molecule has 0 unspecified atom stereocenters. The molecule has 0 radical (unpaired) electrons. The van der Waals surface area contributed by atoms with E-state index in [1.165, 1.54) is 12.8 Å². The van der Waals surface area contributed by atoms with Gasteiger partial charge in [0, 0.05) is 17.8 Å². The lowest BCUT2D eigenvalue weighted by Gasteiger charge is -2.11. The fourth-order valence-corrected chi connectivity index (χ4v) is 2.65. The third kappa shape index (κ3) is 3.42. The topological polar surface area (TPSA) is 57.8 Å². The van der Waals surface area contributed by atoms with Gasteiger partial charge in [0.2, 0.25) is 0 Å². The SMILES string of the molecule is CCCCCNc1ccccc1-c1nc2ccccc2[nH]c1=O. The Morgan fingerprint density at radius 1 is 1.04 bits per heavy atom. The number of nitrogens with zero attached hydrogens (tertiary/aromatic N) is 1. The van der Waals surface area contributed by atoms with Crippen LogP contribution in [0.5, 0.6) is 0 Å². The summed E-state index contributed by atoms with van der Waals surface area (Å²) >= 11 is 0. The number of aromatic amines is 1. The van der Waals surface area contributed by atoms with Gasteiger partial charge in [0.15, 0.2) is 0 Å². The van der Waals surface area contributed by atoms with Crippen LogP contribution in [0.4, 0.5) is 5.69 Å². The van der Waals surface area contributed by atoms with Gasteiger partial charge >= 0.3 is 0 Å². The summed E-state index contributed by atoms with van der Waals surface area (Å²) in [4.78, 5) is 19.9.